The molecule has 41 heavy (non-hydrogen) atoms. The van der Waals surface area contributed by atoms with Crippen LogP contribution in [-0.4, -0.2) is 62.3 Å². The van der Waals surface area contributed by atoms with E-state index in [1.807, 2.05) is 17.5 Å². The molecule has 15 heteroatoms. The fraction of sp³-hybridized carbons (Fsp3) is 0.308. The van der Waals surface area contributed by atoms with Crippen LogP contribution in [0, 0.1) is 17.0 Å². The highest BCUT2D eigenvalue weighted by Gasteiger charge is 2.18. The van der Waals surface area contributed by atoms with E-state index in [0.717, 1.165) is 53.5 Å². The zero-order valence-electron chi connectivity index (χ0n) is 22.2. The molecule has 0 saturated carbocycles. The summed E-state index contributed by atoms with van der Waals surface area (Å²) < 4.78 is 8.03. The molecular weight excluding hydrogens is 546 g/mol. The minimum absolute atomic E-state index is 0.0757. The van der Waals surface area contributed by atoms with Gasteiger partial charge in [0.05, 0.1) is 34.4 Å². The summed E-state index contributed by atoms with van der Waals surface area (Å²) in [4.78, 5) is 38.7. The standard InChI is InChI=1S/C26H27N11O3S/c1-17-13-36-21(18-10-29-35(14-18)16-23(38)31-20-5-6-27-11-22(20)37(39)40)12-28-26(36)25(30-17)32-24-9-19(33-41-24)15-34-7-3-2-4-8-34/h5-6,9-14H,2-4,7-8,15-16H2,1H3,(H,30,32)(H,27,31,38). The molecule has 0 aromatic carbocycles. The second-order valence-electron chi connectivity index (χ2n) is 9.84. The average molecular weight is 574 g/mol. The largest absolute Gasteiger partial charge is 0.328 e. The third-order valence-corrected chi connectivity index (χ3v) is 7.50. The summed E-state index contributed by atoms with van der Waals surface area (Å²) >= 11 is 1.41. The molecule has 1 aliphatic rings. The number of hydrogen-bond donors (Lipinski definition) is 2. The van der Waals surface area contributed by atoms with Crippen LogP contribution in [0.25, 0.3) is 16.9 Å². The lowest BCUT2D eigenvalue weighted by molar-refractivity contribution is -0.384. The van der Waals surface area contributed by atoms with Gasteiger partial charge in [-0.25, -0.2) is 9.97 Å². The summed E-state index contributed by atoms with van der Waals surface area (Å²) in [5.74, 6) is 0.165. The molecule has 0 unspecified atom stereocenters. The van der Waals surface area contributed by atoms with Crippen molar-refractivity contribution in [3.8, 4) is 11.3 Å². The van der Waals surface area contributed by atoms with Gasteiger partial charge in [-0.05, 0) is 56.5 Å². The molecule has 5 aromatic heterocycles. The molecule has 1 saturated heterocycles. The van der Waals surface area contributed by atoms with Gasteiger partial charge in [-0.3, -0.25) is 33.9 Å². The van der Waals surface area contributed by atoms with Gasteiger partial charge < -0.3 is 10.6 Å². The van der Waals surface area contributed by atoms with Crippen molar-refractivity contribution in [1.82, 2.24) is 38.4 Å². The summed E-state index contributed by atoms with van der Waals surface area (Å²) in [5, 5.41) is 22.4. The fourth-order valence-corrected chi connectivity index (χ4v) is 5.53. The minimum atomic E-state index is -0.594. The molecule has 6 heterocycles. The first kappa shape index (κ1) is 26.5. The van der Waals surface area contributed by atoms with Crippen LogP contribution in [0.5, 0.6) is 0 Å². The van der Waals surface area contributed by atoms with Gasteiger partial charge >= 0.3 is 5.69 Å². The number of hydrogen-bond acceptors (Lipinski definition) is 11. The van der Waals surface area contributed by atoms with Gasteiger partial charge in [-0.2, -0.15) is 9.47 Å². The number of nitrogens with zero attached hydrogens (tertiary/aromatic N) is 9. The summed E-state index contributed by atoms with van der Waals surface area (Å²) in [6.07, 6.45) is 13.3. The van der Waals surface area contributed by atoms with E-state index in [1.165, 1.54) is 47.7 Å². The zero-order valence-corrected chi connectivity index (χ0v) is 23.0. The Labute approximate surface area is 238 Å². The number of aromatic nitrogens is 7. The van der Waals surface area contributed by atoms with Crippen molar-refractivity contribution in [2.75, 3.05) is 23.7 Å². The van der Waals surface area contributed by atoms with Crippen molar-refractivity contribution in [2.24, 2.45) is 0 Å². The van der Waals surface area contributed by atoms with Crippen molar-refractivity contribution in [3.63, 3.8) is 0 Å². The summed E-state index contributed by atoms with van der Waals surface area (Å²) in [6, 6.07) is 3.45. The van der Waals surface area contributed by atoms with Crippen LogP contribution in [0.3, 0.4) is 0 Å². The number of fused-ring (bicyclic) bond motifs is 1. The summed E-state index contributed by atoms with van der Waals surface area (Å²) in [5.41, 5.74) is 3.81. The number of anilines is 3. The molecule has 1 amide bonds. The van der Waals surface area contributed by atoms with E-state index in [2.05, 4.69) is 46.0 Å². The van der Waals surface area contributed by atoms with E-state index < -0.39 is 10.8 Å². The first-order valence-electron chi connectivity index (χ1n) is 13.1. The maximum atomic E-state index is 12.6. The van der Waals surface area contributed by atoms with Crippen molar-refractivity contribution < 1.29 is 9.72 Å². The van der Waals surface area contributed by atoms with Gasteiger partial charge in [0.25, 0.3) is 0 Å². The molecule has 14 nitrogen and oxygen atoms in total. The average Bonchev–Trinajstić information content (AvgIpc) is 3.70. The number of likely N-dealkylation sites (tertiary alicyclic amines) is 1. The molecule has 210 valence electrons. The van der Waals surface area contributed by atoms with Crippen molar-refractivity contribution in [2.45, 2.75) is 39.3 Å². The molecule has 0 atom stereocenters. The lowest BCUT2D eigenvalue weighted by Gasteiger charge is -2.25. The smallest absolute Gasteiger partial charge is 0.310 e. The summed E-state index contributed by atoms with van der Waals surface area (Å²) in [7, 11) is 0. The van der Waals surface area contributed by atoms with Crippen LogP contribution in [0.15, 0.2) is 49.3 Å². The minimum Gasteiger partial charge on any atom is -0.328 e. The van der Waals surface area contributed by atoms with Crippen LogP contribution >= 0.6 is 11.5 Å². The Morgan fingerprint density at radius 1 is 1.17 bits per heavy atom. The number of carbonyl (C=O) groups excluding carboxylic acids is 1. The molecule has 0 aliphatic carbocycles. The van der Waals surface area contributed by atoms with Gasteiger partial charge in [0.1, 0.15) is 23.4 Å². The van der Waals surface area contributed by atoms with Gasteiger partial charge in [0.15, 0.2) is 11.5 Å². The lowest BCUT2D eigenvalue weighted by Crippen LogP contribution is -2.29. The van der Waals surface area contributed by atoms with Crippen LogP contribution < -0.4 is 10.6 Å². The van der Waals surface area contributed by atoms with Crippen molar-refractivity contribution in [3.05, 3.63) is 70.8 Å². The monoisotopic (exact) mass is 573 g/mol. The maximum Gasteiger partial charge on any atom is 0.310 e. The Morgan fingerprint density at radius 2 is 2.02 bits per heavy atom. The molecular formula is C26H27N11O3S. The highest BCUT2D eigenvalue weighted by Crippen LogP contribution is 2.28. The van der Waals surface area contributed by atoms with E-state index in [9.17, 15) is 14.9 Å². The fourth-order valence-electron chi connectivity index (χ4n) is 4.87. The number of carbonyl (C=O) groups is 1. The lowest BCUT2D eigenvalue weighted by atomic mass is 10.1. The third-order valence-electron chi connectivity index (χ3n) is 6.75. The Kier molecular flexibility index (Phi) is 7.35. The Bertz CT molecular complexity index is 1720. The number of rotatable bonds is 9. The van der Waals surface area contributed by atoms with E-state index in [1.54, 1.807) is 18.6 Å². The quantitative estimate of drug-likeness (QED) is 0.194. The Hall–Kier alpha value is -4.76. The maximum absolute atomic E-state index is 12.6. The van der Waals surface area contributed by atoms with Gasteiger partial charge in [-0.1, -0.05) is 6.42 Å². The Balaban J connectivity index is 1.17. The zero-order chi connectivity index (χ0) is 28.3. The van der Waals surface area contributed by atoms with Crippen LogP contribution in [-0.2, 0) is 17.9 Å². The van der Waals surface area contributed by atoms with E-state index in [4.69, 9.17) is 0 Å². The SMILES string of the molecule is Cc1cn2c(-c3cnn(CC(=O)Nc4ccncc4[N+](=O)[O-])c3)cnc2c(Nc2cc(CN3CCCCC3)ns2)n1. The predicted molar refractivity (Wildman–Crippen MR) is 153 cm³/mol. The second-order valence-corrected chi connectivity index (χ2v) is 10.6. The molecule has 5 aromatic rings. The normalized spacial score (nSPS) is 13.9. The number of piperidine rings is 1. The first-order chi connectivity index (χ1) is 19.9. The number of nitrogens with one attached hydrogen (secondary N) is 2. The molecule has 6 rings (SSSR count). The van der Waals surface area contributed by atoms with Gasteiger partial charge in [0, 0.05) is 30.7 Å². The molecule has 0 radical (unpaired) electrons. The molecule has 0 spiro atoms. The molecule has 1 fully saturated rings. The third kappa shape index (κ3) is 5.90. The van der Waals surface area contributed by atoms with E-state index in [0.29, 0.717) is 11.5 Å². The van der Waals surface area contributed by atoms with E-state index >= 15 is 0 Å². The van der Waals surface area contributed by atoms with Crippen molar-refractivity contribution in [1.29, 1.82) is 0 Å². The molecule has 2 N–H and O–H groups in total. The topological polar surface area (TPSA) is 161 Å². The van der Waals surface area contributed by atoms with Crippen molar-refractivity contribution >= 4 is 45.3 Å². The number of imidazole rings is 1. The molecule has 1 aliphatic heterocycles. The molecule has 0 bridgehead atoms. The second kappa shape index (κ2) is 11.4. The van der Waals surface area contributed by atoms with E-state index in [-0.39, 0.29) is 17.9 Å². The number of pyridine rings is 1. The summed E-state index contributed by atoms with van der Waals surface area (Å²) in [6.45, 7) is 4.87. The van der Waals surface area contributed by atoms with Gasteiger partial charge in [-0.15, -0.1) is 0 Å². The van der Waals surface area contributed by atoms with Crippen LogP contribution in [0.4, 0.5) is 22.2 Å². The first-order valence-corrected chi connectivity index (χ1v) is 13.9. The number of aryl methyl sites for hydroxylation is 1. The number of amides is 1. The van der Waals surface area contributed by atoms with Crippen LogP contribution in [0.2, 0.25) is 0 Å². The van der Waals surface area contributed by atoms with Gasteiger partial charge in [0.2, 0.25) is 5.91 Å². The highest BCUT2D eigenvalue weighted by molar-refractivity contribution is 7.10. The van der Waals surface area contributed by atoms with Crippen LogP contribution in [0.1, 0.15) is 30.7 Å². The Morgan fingerprint density at radius 3 is 2.85 bits per heavy atom. The predicted octanol–water partition coefficient (Wildman–Crippen LogP) is 4.03. The highest BCUT2D eigenvalue weighted by atomic mass is 32.1. The number of nitro groups is 1.